The average molecular weight is 450 g/mol. The van der Waals surface area contributed by atoms with Crippen LogP contribution in [0, 0.1) is 5.41 Å². The smallest absolute Gasteiger partial charge is 0.304 e. The fourth-order valence-corrected chi connectivity index (χ4v) is 4.66. The van der Waals surface area contributed by atoms with Gasteiger partial charge in [-0.15, -0.1) is 0 Å². The van der Waals surface area contributed by atoms with E-state index in [0.717, 1.165) is 0 Å². The van der Waals surface area contributed by atoms with E-state index in [0.29, 0.717) is 49.9 Å². The van der Waals surface area contributed by atoms with Gasteiger partial charge < -0.3 is 19.9 Å². The summed E-state index contributed by atoms with van der Waals surface area (Å²) in [6, 6.07) is 10.2. The Morgan fingerprint density at radius 1 is 1.16 bits per heavy atom. The van der Waals surface area contributed by atoms with Gasteiger partial charge in [0.05, 0.1) is 25.5 Å². The molecule has 0 spiro atoms. The Morgan fingerprint density at radius 3 is 2.65 bits per heavy atom. The van der Waals surface area contributed by atoms with Crippen LogP contribution < -0.4 is 14.8 Å². The van der Waals surface area contributed by atoms with Gasteiger partial charge >= 0.3 is 10.2 Å². The normalized spacial score (nSPS) is 15.7. The maximum atomic E-state index is 12.7. The zero-order chi connectivity index (χ0) is 22.3. The van der Waals surface area contributed by atoms with Crippen LogP contribution in [0.2, 0.25) is 0 Å². The zero-order valence-corrected chi connectivity index (χ0v) is 18.2. The van der Waals surface area contributed by atoms with E-state index in [4.69, 9.17) is 25.4 Å². The molecule has 1 aromatic carbocycles. The second kappa shape index (κ2) is 10.4. The third-order valence-corrected chi connectivity index (χ3v) is 6.56. The lowest BCUT2D eigenvalue weighted by atomic mass is 10.2. The molecule has 0 saturated carbocycles. The minimum absolute atomic E-state index is 0.125. The fraction of sp³-hybridized carbons (Fsp3) is 0.400. The van der Waals surface area contributed by atoms with E-state index in [1.54, 1.807) is 36.4 Å². The highest BCUT2D eigenvalue weighted by atomic mass is 32.2. The SMILES string of the molecule is CCOC(=N)c1ccc(OCCOCCN2CCN(c3ccnc(N)c3)S2(=O)=O)cc1. The molecule has 0 amide bonds. The average Bonchev–Trinajstić information content (AvgIpc) is 3.05. The molecule has 31 heavy (non-hydrogen) atoms. The van der Waals surface area contributed by atoms with E-state index in [-0.39, 0.29) is 24.9 Å². The highest BCUT2D eigenvalue weighted by Crippen LogP contribution is 2.25. The Hall–Kier alpha value is -2.89. The van der Waals surface area contributed by atoms with E-state index in [1.807, 2.05) is 6.92 Å². The Morgan fingerprint density at radius 2 is 1.94 bits per heavy atom. The number of nitrogens with one attached hydrogen (secondary N) is 1. The lowest BCUT2D eigenvalue weighted by Crippen LogP contribution is -2.35. The molecule has 1 saturated heterocycles. The van der Waals surface area contributed by atoms with Crippen molar-refractivity contribution >= 4 is 27.6 Å². The van der Waals surface area contributed by atoms with Crippen LogP contribution in [0.4, 0.5) is 11.5 Å². The largest absolute Gasteiger partial charge is 0.491 e. The molecule has 1 aliphatic rings. The van der Waals surface area contributed by atoms with Gasteiger partial charge in [-0.3, -0.25) is 9.71 Å². The van der Waals surface area contributed by atoms with Crippen molar-refractivity contribution in [2.45, 2.75) is 6.92 Å². The van der Waals surface area contributed by atoms with Crippen LogP contribution in [0.3, 0.4) is 0 Å². The molecular formula is C20H27N5O5S. The number of anilines is 2. The lowest BCUT2D eigenvalue weighted by molar-refractivity contribution is 0.0937. The van der Waals surface area contributed by atoms with Gasteiger partial charge in [-0.1, -0.05) is 0 Å². The Balaban J connectivity index is 1.38. The molecule has 10 nitrogen and oxygen atoms in total. The number of aromatic nitrogens is 1. The summed E-state index contributed by atoms with van der Waals surface area (Å²) >= 11 is 0. The standard InChI is InChI=1S/C20H27N5O5S/c1-2-29-20(22)16-3-5-18(6-4-16)30-14-13-28-12-11-24-9-10-25(31(24,26)27)17-7-8-23-19(21)15-17/h3-8,15,22H,2,9-14H2,1H3,(H2,21,23). The van der Waals surface area contributed by atoms with Gasteiger partial charge in [0.1, 0.15) is 18.2 Å². The molecule has 0 bridgehead atoms. The summed E-state index contributed by atoms with van der Waals surface area (Å²) < 4.78 is 44.4. The topological polar surface area (TPSA) is 131 Å². The molecule has 2 heterocycles. The summed E-state index contributed by atoms with van der Waals surface area (Å²) in [6.07, 6.45) is 1.49. The van der Waals surface area contributed by atoms with Crippen LogP contribution in [0.5, 0.6) is 5.75 Å². The summed E-state index contributed by atoms with van der Waals surface area (Å²) in [5, 5.41) is 7.74. The molecule has 3 N–H and O–H groups in total. The van der Waals surface area contributed by atoms with E-state index in [9.17, 15) is 8.42 Å². The number of nitrogen functional groups attached to an aromatic ring is 1. The molecule has 2 aromatic rings. The van der Waals surface area contributed by atoms with Crippen LogP contribution in [0.15, 0.2) is 42.6 Å². The number of rotatable bonds is 10. The van der Waals surface area contributed by atoms with Crippen molar-refractivity contribution in [1.82, 2.24) is 9.29 Å². The number of benzene rings is 1. The van der Waals surface area contributed by atoms with Crippen molar-refractivity contribution < 1.29 is 22.6 Å². The van der Waals surface area contributed by atoms with Crippen molar-refractivity contribution in [2.24, 2.45) is 0 Å². The first-order valence-corrected chi connectivity index (χ1v) is 11.3. The first-order chi connectivity index (χ1) is 14.9. The van der Waals surface area contributed by atoms with E-state index >= 15 is 0 Å². The van der Waals surface area contributed by atoms with E-state index in [2.05, 4.69) is 4.98 Å². The highest BCUT2D eigenvalue weighted by molar-refractivity contribution is 7.90. The molecule has 1 fully saturated rings. The van der Waals surface area contributed by atoms with Gasteiger partial charge in [0.25, 0.3) is 0 Å². The van der Waals surface area contributed by atoms with Crippen molar-refractivity contribution in [3.8, 4) is 5.75 Å². The second-order valence-electron chi connectivity index (χ2n) is 6.67. The highest BCUT2D eigenvalue weighted by Gasteiger charge is 2.36. The van der Waals surface area contributed by atoms with Crippen molar-refractivity contribution in [3.63, 3.8) is 0 Å². The molecule has 168 valence electrons. The molecule has 0 aliphatic carbocycles. The molecule has 0 atom stereocenters. The molecule has 1 aromatic heterocycles. The Labute approximate surface area is 182 Å². The molecule has 11 heteroatoms. The van der Waals surface area contributed by atoms with E-state index in [1.165, 1.54) is 14.8 Å². The summed E-state index contributed by atoms with van der Waals surface area (Å²) in [7, 11) is -3.60. The van der Waals surface area contributed by atoms with Gasteiger partial charge in [-0.25, -0.2) is 4.98 Å². The number of nitrogens with zero attached hydrogens (tertiary/aromatic N) is 3. The molecule has 0 radical (unpaired) electrons. The number of nitrogens with two attached hydrogens (primary N) is 1. The van der Waals surface area contributed by atoms with Gasteiger partial charge in [0.2, 0.25) is 5.90 Å². The summed E-state index contributed by atoms with van der Waals surface area (Å²) in [4.78, 5) is 3.89. The summed E-state index contributed by atoms with van der Waals surface area (Å²) in [5.74, 6) is 1.06. The van der Waals surface area contributed by atoms with E-state index < -0.39 is 10.2 Å². The number of hydrogen-bond donors (Lipinski definition) is 2. The van der Waals surface area contributed by atoms with Gasteiger partial charge in [0, 0.05) is 37.5 Å². The van der Waals surface area contributed by atoms with Crippen molar-refractivity contribution in [1.29, 1.82) is 5.41 Å². The van der Waals surface area contributed by atoms with Crippen LogP contribution in [0.25, 0.3) is 0 Å². The van der Waals surface area contributed by atoms with Gasteiger partial charge in [-0.2, -0.15) is 12.7 Å². The van der Waals surface area contributed by atoms with Crippen LogP contribution in [0.1, 0.15) is 12.5 Å². The van der Waals surface area contributed by atoms with Crippen LogP contribution in [-0.4, -0.2) is 69.7 Å². The Kier molecular flexibility index (Phi) is 7.66. The predicted octanol–water partition coefficient (Wildman–Crippen LogP) is 1.49. The molecule has 3 rings (SSSR count). The lowest BCUT2D eigenvalue weighted by Gasteiger charge is -2.20. The minimum atomic E-state index is -3.60. The minimum Gasteiger partial charge on any atom is -0.491 e. The summed E-state index contributed by atoms with van der Waals surface area (Å²) in [6.45, 7) is 4.20. The first kappa shape index (κ1) is 22.8. The van der Waals surface area contributed by atoms with Crippen molar-refractivity contribution in [2.75, 3.05) is 56.1 Å². The van der Waals surface area contributed by atoms with Gasteiger partial charge in [-0.05, 0) is 37.3 Å². The third kappa shape index (κ3) is 5.84. The first-order valence-electron chi connectivity index (χ1n) is 9.93. The number of hydrogen-bond acceptors (Lipinski definition) is 8. The van der Waals surface area contributed by atoms with Gasteiger partial charge in [0.15, 0.2) is 0 Å². The maximum absolute atomic E-state index is 12.7. The zero-order valence-electron chi connectivity index (χ0n) is 17.4. The van der Waals surface area contributed by atoms with Crippen LogP contribution >= 0.6 is 0 Å². The molecule has 0 unspecified atom stereocenters. The number of ether oxygens (including phenoxy) is 3. The quantitative estimate of drug-likeness (QED) is 0.319. The molecular weight excluding hydrogens is 422 g/mol. The monoisotopic (exact) mass is 449 g/mol. The molecule has 1 aliphatic heterocycles. The van der Waals surface area contributed by atoms with Crippen molar-refractivity contribution in [3.05, 3.63) is 48.2 Å². The third-order valence-electron chi connectivity index (χ3n) is 4.60. The maximum Gasteiger partial charge on any atom is 0.304 e. The fourth-order valence-electron chi connectivity index (χ4n) is 3.07. The van der Waals surface area contributed by atoms with Crippen LogP contribution in [-0.2, 0) is 19.7 Å². The second-order valence-corrected chi connectivity index (χ2v) is 8.52. The number of pyridine rings is 1. The Bertz CT molecular complexity index is 984. The predicted molar refractivity (Wildman–Crippen MR) is 118 cm³/mol. The summed E-state index contributed by atoms with van der Waals surface area (Å²) in [5.41, 5.74) is 6.85.